The van der Waals surface area contributed by atoms with Gasteiger partial charge >= 0.3 is 0 Å². The second-order valence-corrected chi connectivity index (χ2v) is 7.84. The Morgan fingerprint density at radius 3 is 2.48 bits per heavy atom. The summed E-state index contributed by atoms with van der Waals surface area (Å²) < 4.78 is 1.78. The number of amides is 2. The molecule has 8 heteroatoms. The normalized spacial score (nSPS) is 11.9. The third-order valence-corrected chi connectivity index (χ3v) is 5.03. The maximum Gasteiger partial charge on any atom is 0.253 e. The van der Waals surface area contributed by atoms with Gasteiger partial charge in [-0.25, -0.2) is 0 Å². The molecule has 7 nitrogen and oxygen atoms in total. The predicted octanol–water partition coefficient (Wildman–Crippen LogP) is 3.60. The van der Waals surface area contributed by atoms with E-state index in [1.807, 2.05) is 50.6 Å². The van der Waals surface area contributed by atoms with Gasteiger partial charge in [0.2, 0.25) is 5.91 Å². The highest BCUT2D eigenvalue weighted by Crippen LogP contribution is 2.21. The van der Waals surface area contributed by atoms with Gasteiger partial charge in [-0.1, -0.05) is 54.1 Å². The molecule has 1 aromatic heterocycles. The van der Waals surface area contributed by atoms with Gasteiger partial charge in [0.05, 0.1) is 29.6 Å². The summed E-state index contributed by atoms with van der Waals surface area (Å²) in [5.41, 5.74) is 1.19. The third kappa shape index (κ3) is 6.67. The Labute approximate surface area is 187 Å². The lowest BCUT2D eigenvalue weighted by Crippen LogP contribution is -2.31. The Morgan fingerprint density at radius 1 is 1.06 bits per heavy atom. The second kappa shape index (κ2) is 10.7. The number of hydrogen-bond acceptors (Lipinski definition) is 4. The van der Waals surface area contributed by atoms with Crippen LogP contribution in [0.25, 0.3) is 0 Å². The first-order chi connectivity index (χ1) is 14.9. The first-order valence-corrected chi connectivity index (χ1v) is 10.4. The largest absolute Gasteiger partial charge is 0.345 e. The van der Waals surface area contributed by atoms with Gasteiger partial charge in [-0.05, 0) is 31.8 Å². The standard InChI is InChI=1S/C23H26ClN5O2/c1-28(2)14-15-29-13-12-21(27-29)26-22(30)16-20(17-8-4-3-5-9-17)25-23(31)18-10-6-7-11-19(18)24/h3-13,20H,14-16H2,1-2H3,(H,25,31)(H,26,27,30)/t20-/m0/s1. The lowest BCUT2D eigenvalue weighted by molar-refractivity contribution is -0.116. The number of hydrogen-bond donors (Lipinski definition) is 2. The molecule has 31 heavy (non-hydrogen) atoms. The number of nitrogens with zero attached hydrogens (tertiary/aromatic N) is 3. The molecule has 0 bridgehead atoms. The minimum atomic E-state index is -0.513. The lowest BCUT2D eigenvalue weighted by Gasteiger charge is -2.19. The molecule has 0 aliphatic rings. The van der Waals surface area contributed by atoms with Gasteiger partial charge in [0.15, 0.2) is 5.82 Å². The fraction of sp³-hybridized carbons (Fsp3) is 0.261. The van der Waals surface area contributed by atoms with Crippen LogP contribution in [0.4, 0.5) is 5.82 Å². The number of carbonyl (C=O) groups is 2. The van der Waals surface area contributed by atoms with E-state index in [4.69, 9.17) is 11.6 Å². The van der Waals surface area contributed by atoms with Crippen molar-refractivity contribution in [1.29, 1.82) is 0 Å². The summed E-state index contributed by atoms with van der Waals surface area (Å²) in [4.78, 5) is 27.5. The first-order valence-electron chi connectivity index (χ1n) is 10.0. The molecule has 0 aliphatic carbocycles. The summed E-state index contributed by atoms with van der Waals surface area (Å²) >= 11 is 6.16. The van der Waals surface area contributed by atoms with E-state index in [1.165, 1.54) is 0 Å². The molecule has 0 spiro atoms. The maximum absolute atomic E-state index is 12.8. The van der Waals surface area contributed by atoms with E-state index in [1.54, 1.807) is 35.0 Å². The summed E-state index contributed by atoms with van der Waals surface area (Å²) in [7, 11) is 3.99. The average Bonchev–Trinajstić information content (AvgIpc) is 3.19. The molecule has 162 valence electrons. The zero-order valence-electron chi connectivity index (χ0n) is 17.6. The second-order valence-electron chi connectivity index (χ2n) is 7.44. The highest BCUT2D eigenvalue weighted by molar-refractivity contribution is 6.33. The Morgan fingerprint density at radius 2 is 1.77 bits per heavy atom. The Balaban J connectivity index is 1.68. The van der Waals surface area contributed by atoms with Crippen molar-refractivity contribution >= 4 is 29.2 Å². The summed E-state index contributed by atoms with van der Waals surface area (Å²) in [6.07, 6.45) is 1.89. The summed E-state index contributed by atoms with van der Waals surface area (Å²) in [5.74, 6) is -0.0978. The Hall–Kier alpha value is -3.16. The van der Waals surface area contributed by atoms with Crippen molar-refractivity contribution in [2.75, 3.05) is 26.0 Å². The van der Waals surface area contributed by atoms with Crippen molar-refractivity contribution in [3.05, 3.63) is 83.0 Å². The topological polar surface area (TPSA) is 79.3 Å². The van der Waals surface area contributed by atoms with Gasteiger partial charge < -0.3 is 15.5 Å². The molecule has 1 heterocycles. The van der Waals surface area contributed by atoms with Gasteiger partial charge in [0.1, 0.15) is 0 Å². The Bertz CT molecular complexity index is 1020. The molecule has 3 rings (SSSR count). The van der Waals surface area contributed by atoms with Crippen LogP contribution in [0.3, 0.4) is 0 Å². The van der Waals surface area contributed by atoms with E-state index in [2.05, 4.69) is 20.6 Å². The number of likely N-dealkylation sites (N-methyl/N-ethyl adjacent to an activating group) is 1. The molecule has 1 atom stereocenters. The van der Waals surface area contributed by atoms with Crippen LogP contribution >= 0.6 is 11.6 Å². The maximum atomic E-state index is 12.8. The molecule has 3 aromatic rings. The SMILES string of the molecule is CN(C)CCn1ccc(NC(=O)C[C@H](NC(=O)c2ccccc2Cl)c2ccccc2)n1. The first kappa shape index (κ1) is 22.5. The van der Waals surface area contributed by atoms with Gasteiger partial charge in [0, 0.05) is 18.8 Å². The van der Waals surface area contributed by atoms with Crippen LogP contribution in [0, 0.1) is 0 Å². The summed E-state index contributed by atoms with van der Waals surface area (Å²) in [6, 6.07) is 17.4. The Kier molecular flexibility index (Phi) is 7.81. The zero-order chi connectivity index (χ0) is 22.2. The van der Waals surface area contributed by atoms with Crippen LogP contribution in [0.1, 0.15) is 28.4 Å². The number of aromatic nitrogens is 2. The highest BCUT2D eigenvalue weighted by atomic mass is 35.5. The van der Waals surface area contributed by atoms with E-state index in [9.17, 15) is 9.59 Å². The van der Waals surface area contributed by atoms with Crippen LogP contribution in [0.15, 0.2) is 66.9 Å². The number of halogens is 1. The van der Waals surface area contributed by atoms with Crippen LogP contribution in [0.2, 0.25) is 5.02 Å². The molecule has 2 amide bonds. The van der Waals surface area contributed by atoms with Crippen molar-refractivity contribution in [2.45, 2.75) is 19.0 Å². The number of benzene rings is 2. The number of carbonyl (C=O) groups excluding carboxylic acids is 2. The molecule has 0 aliphatic heterocycles. The van der Waals surface area contributed by atoms with E-state index >= 15 is 0 Å². The van der Waals surface area contributed by atoms with Crippen LogP contribution in [-0.2, 0) is 11.3 Å². The predicted molar refractivity (Wildman–Crippen MR) is 122 cm³/mol. The molecule has 0 fully saturated rings. The molecule has 0 saturated carbocycles. The van der Waals surface area contributed by atoms with Crippen molar-refractivity contribution in [2.24, 2.45) is 0 Å². The van der Waals surface area contributed by atoms with Crippen LogP contribution in [0.5, 0.6) is 0 Å². The molecule has 0 radical (unpaired) electrons. The van der Waals surface area contributed by atoms with Gasteiger partial charge in [0.25, 0.3) is 5.91 Å². The number of rotatable bonds is 9. The number of anilines is 1. The molecule has 2 N–H and O–H groups in total. The van der Waals surface area contributed by atoms with Gasteiger partial charge in [-0.15, -0.1) is 0 Å². The summed E-state index contributed by atoms with van der Waals surface area (Å²) in [5, 5.41) is 10.5. The van der Waals surface area contributed by atoms with Crippen molar-refractivity contribution in [1.82, 2.24) is 20.0 Å². The van der Waals surface area contributed by atoms with Crippen molar-refractivity contribution in [3.63, 3.8) is 0 Å². The molecule has 0 saturated heterocycles. The fourth-order valence-corrected chi connectivity index (χ4v) is 3.28. The lowest BCUT2D eigenvalue weighted by atomic mass is 10.0. The quantitative estimate of drug-likeness (QED) is 0.534. The molecule has 2 aromatic carbocycles. The monoisotopic (exact) mass is 439 g/mol. The molecular weight excluding hydrogens is 414 g/mol. The van der Waals surface area contributed by atoms with E-state index in [-0.39, 0.29) is 18.2 Å². The zero-order valence-corrected chi connectivity index (χ0v) is 18.3. The van der Waals surface area contributed by atoms with Crippen LogP contribution in [-0.4, -0.2) is 47.1 Å². The van der Waals surface area contributed by atoms with Crippen molar-refractivity contribution < 1.29 is 9.59 Å². The summed E-state index contributed by atoms with van der Waals surface area (Å²) in [6.45, 7) is 1.57. The molecular formula is C23H26ClN5O2. The minimum Gasteiger partial charge on any atom is -0.345 e. The van der Waals surface area contributed by atoms with Crippen molar-refractivity contribution in [3.8, 4) is 0 Å². The third-order valence-electron chi connectivity index (χ3n) is 4.70. The fourth-order valence-electron chi connectivity index (χ4n) is 3.05. The van der Waals surface area contributed by atoms with Crippen LogP contribution < -0.4 is 10.6 Å². The van der Waals surface area contributed by atoms with E-state index < -0.39 is 6.04 Å². The van der Waals surface area contributed by atoms with E-state index in [0.29, 0.717) is 16.4 Å². The highest BCUT2D eigenvalue weighted by Gasteiger charge is 2.21. The van der Waals surface area contributed by atoms with Gasteiger partial charge in [-0.2, -0.15) is 5.10 Å². The van der Waals surface area contributed by atoms with E-state index in [0.717, 1.165) is 18.7 Å². The smallest absolute Gasteiger partial charge is 0.253 e. The number of nitrogens with one attached hydrogen (secondary N) is 2. The minimum absolute atomic E-state index is 0.0603. The van der Waals surface area contributed by atoms with Gasteiger partial charge in [-0.3, -0.25) is 14.3 Å². The molecule has 0 unspecified atom stereocenters. The average molecular weight is 440 g/mol.